The maximum atomic E-state index is 6.26. The first-order valence-corrected chi connectivity index (χ1v) is 9.75. The molecule has 0 bridgehead atoms. The van der Waals surface area contributed by atoms with Crippen LogP contribution in [0.5, 0.6) is 0 Å². The van der Waals surface area contributed by atoms with Crippen molar-refractivity contribution in [3.8, 4) is 0 Å². The maximum absolute atomic E-state index is 6.26. The number of nitrogens with one attached hydrogen (secondary N) is 1. The fraction of sp³-hybridized carbons (Fsp3) is 0.579. The number of piperidine rings is 1. The molecule has 2 saturated heterocycles. The zero-order valence-electron chi connectivity index (χ0n) is 15.1. The van der Waals surface area contributed by atoms with Crippen LogP contribution in [0.3, 0.4) is 0 Å². The summed E-state index contributed by atoms with van der Waals surface area (Å²) in [5, 5.41) is 8.46. The lowest BCUT2D eigenvalue weighted by atomic mass is 10.0. The quantitative estimate of drug-likeness (QED) is 0.859. The van der Waals surface area contributed by atoms with E-state index < -0.39 is 0 Å². The minimum absolute atomic E-state index is 0.0131. The van der Waals surface area contributed by atoms with Gasteiger partial charge in [-0.15, -0.1) is 0 Å². The third-order valence-corrected chi connectivity index (χ3v) is 5.66. The minimum Gasteiger partial charge on any atom is -0.371 e. The Hall–Kier alpha value is -1.63. The lowest BCUT2D eigenvalue weighted by molar-refractivity contribution is 0.0835. The molecule has 2 aromatic rings. The largest absolute Gasteiger partial charge is 0.371 e. The van der Waals surface area contributed by atoms with Crippen LogP contribution in [0, 0.1) is 6.92 Å². The highest BCUT2D eigenvalue weighted by Crippen LogP contribution is 2.27. The Morgan fingerprint density at radius 2 is 2.12 bits per heavy atom. The number of nitrogens with zero attached hydrogens (tertiary/aromatic N) is 3. The molecule has 1 unspecified atom stereocenters. The smallest absolute Gasteiger partial charge is 0.255 e. The third-order valence-electron chi connectivity index (χ3n) is 5.25. The molecule has 0 radical (unpaired) electrons. The number of ether oxygens (including phenoxy) is 1. The summed E-state index contributed by atoms with van der Waals surface area (Å²) in [5.41, 5.74) is 2.33. The van der Waals surface area contributed by atoms with Crippen molar-refractivity contribution in [3.05, 3.63) is 40.5 Å². The molecule has 1 aromatic carbocycles. The average Bonchev–Trinajstić information content (AvgIpc) is 3.34. The van der Waals surface area contributed by atoms with Crippen LogP contribution in [0.1, 0.15) is 49.1 Å². The van der Waals surface area contributed by atoms with Crippen molar-refractivity contribution in [2.75, 3.05) is 24.6 Å². The van der Waals surface area contributed by atoms with E-state index in [4.69, 9.17) is 20.9 Å². The summed E-state index contributed by atoms with van der Waals surface area (Å²) in [4.78, 5) is 6.86. The van der Waals surface area contributed by atoms with E-state index in [0.29, 0.717) is 24.3 Å². The van der Waals surface area contributed by atoms with Crippen molar-refractivity contribution in [2.24, 2.45) is 0 Å². The molecule has 2 aliphatic heterocycles. The van der Waals surface area contributed by atoms with E-state index in [1.165, 1.54) is 5.69 Å². The average molecular weight is 377 g/mol. The summed E-state index contributed by atoms with van der Waals surface area (Å²) in [5.74, 6) is 1.33. The zero-order valence-corrected chi connectivity index (χ0v) is 15.8. The number of benzene rings is 1. The highest BCUT2D eigenvalue weighted by Gasteiger charge is 2.24. The fourth-order valence-corrected chi connectivity index (χ4v) is 3.77. The van der Waals surface area contributed by atoms with Gasteiger partial charge in [-0.2, -0.15) is 4.98 Å². The van der Waals surface area contributed by atoms with Crippen LogP contribution in [0.2, 0.25) is 5.02 Å². The van der Waals surface area contributed by atoms with E-state index in [0.717, 1.165) is 56.0 Å². The lowest BCUT2D eigenvalue weighted by Crippen LogP contribution is -2.42. The predicted molar refractivity (Wildman–Crippen MR) is 100 cm³/mol. The standard InChI is InChI=1S/C19H25ClN4O2/c1-13-4-5-15(11-16(13)20)24-8-6-14(7-9-24)21-12-18-22-19(26-23-18)17-3-2-10-25-17/h4-5,11,14,17,21H,2-3,6-10,12H2,1H3. The third kappa shape index (κ3) is 4.03. The number of rotatable bonds is 5. The molecule has 6 nitrogen and oxygen atoms in total. The van der Waals surface area contributed by atoms with Gasteiger partial charge >= 0.3 is 0 Å². The second-order valence-corrected chi connectivity index (χ2v) is 7.53. The molecule has 2 fully saturated rings. The summed E-state index contributed by atoms with van der Waals surface area (Å²) in [7, 11) is 0. The highest BCUT2D eigenvalue weighted by molar-refractivity contribution is 6.31. The molecule has 2 aliphatic rings. The van der Waals surface area contributed by atoms with Crippen molar-refractivity contribution in [3.63, 3.8) is 0 Å². The van der Waals surface area contributed by atoms with Crippen molar-refractivity contribution < 1.29 is 9.26 Å². The van der Waals surface area contributed by atoms with Gasteiger partial charge in [0.25, 0.3) is 5.89 Å². The first-order valence-electron chi connectivity index (χ1n) is 9.37. The van der Waals surface area contributed by atoms with E-state index in [1.807, 2.05) is 6.92 Å². The van der Waals surface area contributed by atoms with Gasteiger partial charge in [0.2, 0.25) is 0 Å². The number of aromatic nitrogens is 2. The zero-order chi connectivity index (χ0) is 17.9. The Labute approximate surface area is 158 Å². The van der Waals surface area contributed by atoms with E-state index in [1.54, 1.807) is 0 Å². The minimum atomic E-state index is -0.0131. The molecular weight excluding hydrogens is 352 g/mol. The second kappa shape index (κ2) is 7.94. The number of halogens is 1. The summed E-state index contributed by atoms with van der Waals surface area (Å²) in [6.45, 7) is 5.49. The van der Waals surface area contributed by atoms with Gasteiger partial charge in [0.05, 0.1) is 6.54 Å². The molecule has 26 heavy (non-hydrogen) atoms. The highest BCUT2D eigenvalue weighted by atomic mass is 35.5. The van der Waals surface area contributed by atoms with E-state index in [2.05, 4.69) is 38.6 Å². The van der Waals surface area contributed by atoms with Gasteiger partial charge in [-0.1, -0.05) is 22.8 Å². The van der Waals surface area contributed by atoms with Gasteiger partial charge in [-0.05, 0) is 50.3 Å². The molecule has 7 heteroatoms. The van der Waals surface area contributed by atoms with Crippen molar-refractivity contribution in [1.29, 1.82) is 0 Å². The van der Waals surface area contributed by atoms with Gasteiger partial charge in [0.15, 0.2) is 5.82 Å². The summed E-state index contributed by atoms with van der Waals surface area (Å²) in [6, 6.07) is 6.78. The second-order valence-electron chi connectivity index (χ2n) is 7.13. The Morgan fingerprint density at radius 1 is 1.27 bits per heavy atom. The molecule has 1 aromatic heterocycles. The summed E-state index contributed by atoms with van der Waals surface area (Å²) in [6.07, 6.45) is 4.19. The molecule has 0 saturated carbocycles. The number of aryl methyl sites for hydroxylation is 1. The molecule has 0 spiro atoms. The Balaban J connectivity index is 1.25. The van der Waals surface area contributed by atoms with Crippen molar-refractivity contribution >= 4 is 17.3 Å². The van der Waals surface area contributed by atoms with Gasteiger partial charge < -0.3 is 19.5 Å². The Bertz CT molecular complexity index is 737. The summed E-state index contributed by atoms with van der Waals surface area (Å²) >= 11 is 6.26. The molecule has 3 heterocycles. The van der Waals surface area contributed by atoms with Crippen LogP contribution in [0.4, 0.5) is 5.69 Å². The van der Waals surface area contributed by atoms with E-state index in [9.17, 15) is 0 Å². The topological polar surface area (TPSA) is 63.4 Å². The number of hydrogen-bond acceptors (Lipinski definition) is 6. The molecule has 4 rings (SSSR count). The Morgan fingerprint density at radius 3 is 2.85 bits per heavy atom. The maximum Gasteiger partial charge on any atom is 0.255 e. The SMILES string of the molecule is Cc1ccc(N2CCC(NCc3noc(C4CCCO4)n3)CC2)cc1Cl. The van der Waals surface area contributed by atoms with Crippen LogP contribution in [-0.4, -0.2) is 35.9 Å². The first-order chi connectivity index (χ1) is 12.7. The van der Waals surface area contributed by atoms with Gasteiger partial charge in [0, 0.05) is 36.4 Å². The van der Waals surface area contributed by atoms with Crippen molar-refractivity contribution in [2.45, 2.75) is 51.3 Å². The van der Waals surface area contributed by atoms with Crippen molar-refractivity contribution in [1.82, 2.24) is 15.5 Å². The molecule has 140 valence electrons. The fourth-order valence-electron chi connectivity index (χ4n) is 3.60. The molecule has 1 atom stereocenters. The van der Waals surface area contributed by atoms with E-state index in [-0.39, 0.29) is 6.10 Å². The predicted octanol–water partition coefficient (Wildman–Crippen LogP) is 3.64. The van der Waals surface area contributed by atoms with Crippen LogP contribution >= 0.6 is 11.6 Å². The molecule has 0 aliphatic carbocycles. The van der Waals surface area contributed by atoms with E-state index >= 15 is 0 Å². The monoisotopic (exact) mass is 376 g/mol. The van der Waals surface area contributed by atoms with Crippen LogP contribution in [0.25, 0.3) is 0 Å². The number of hydrogen-bond donors (Lipinski definition) is 1. The van der Waals surface area contributed by atoms with Gasteiger partial charge in [-0.25, -0.2) is 0 Å². The molecule has 0 amide bonds. The lowest BCUT2D eigenvalue weighted by Gasteiger charge is -2.34. The Kier molecular flexibility index (Phi) is 5.43. The van der Waals surface area contributed by atoms with Crippen LogP contribution in [0.15, 0.2) is 22.7 Å². The first kappa shape index (κ1) is 17.8. The van der Waals surface area contributed by atoms with Crippen LogP contribution < -0.4 is 10.2 Å². The molecule has 1 N–H and O–H groups in total. The van der Waals surface area contributed by atoms with Crippen LogP contribution in [-0.2, 0) is 11.3 Å². The van der Waals surface area contributed by atoms with Gasteiger partial charge in [-0.3, -0.25) is 0 Å². The summed E-state index contributed by atoms with van der Waals surface area (Å²) < 4.78 is 10.9. The normalized spacial score (nSPS) is 21.5. The number of anilines is 1. The van der Waals surface area contributed by atoms with Gasteiger partial charge in [0.1, 0.15) is 6.10 Å². The molecular formula is C19H25ClN4O2.